The van der Waals surface area contributed by atoms with E-state index in [0.717, 1.165) is 0 Å². The maximum Gasteiger partial charge on any atom is 0.253 e. The highest BCUT2D eigenvalue weighted by Crippen LogP contribution is 2.23. The van der Waals surface area contributed by atoms with Gasteiger partial charge in [-0.3, -0.25) is 4.79 Å². The van der Waals surface area contributed by atoms with Gasteiger partial charge in [0.15, 0.2) is 0 Å². The van der Waals surface area contributed by atoms with Crippen LogP contribution in [-0.2, 0) is 0 Å². The van der Waals surface area contributed by atoms with Crippen LogP contribution in [0.25, 0.3) is 0 Å². The van der Waals surface area contributed by atoms with Crippen LogP contribution in [0.4, 0.5) is 0 Å². The van der Waals surface area contributed by atoms with Crippen LogP contribution in [0.15, 0.2) is 22.7 Å². The predicted octanol–water partition coefficient (Wildman–Crippen LogP) is 2.95. The van der Waals surface area contributed by atoms with Crippen LogP contribution in [-0.4, -0.2) is 35.6 Å². The molecule has 0 bridgehead atoms. The molecule has 0 saturated carbocycles. The van der Waals surface area contributed by atoms with E-state index in [4.69, 9.17) is 11.6 Å². The van der Waals surface area contributed by atoms with Gasteiger partial charge in [0.2, 0.25) is 0 Å². The molecule has 17 heavy (non-hydrogen) atoms. The van der Waals surface area contributed by atoms with Crippen LogP contribution >= 0.6 is 27.5 Å². The number of benzene rings is 1. The second kappa shape index (κ2) is 6.38. The zero-order valence-electron chi connectivity index (χ0n) is 9.78. The summed E-state index contributed by atoms with van der Waals surface area (Å²) in [6.45, 7) is 2.23. The van der Waals surface area contributed by atoms with E-state index < -0.39 is 6.10 Å². The fourth-order valence-corrected chi connectivity index (χ4v) is 1.83. The van der Waals surface area contributed by atoms with E-state index in [-0.39, 0.29) is 5.91 Å². The molecule has 0 fully saturated rings. The molecule has 1 amide bonds. The molecule has 1 unspecified atom stereocenters. The van der Waals surface area contributed by atoms with E-state index in [1.54, 1.807) is 37.1 Å². The highest BCUT2D eigenvalue weighted by molar-refractivity contribution is 9.10. The first-order valence-electron chi connectivity index (χ1n) is 5.30. The molecule has 0 aliphatic heterocycles. The van der Waals surface area contributed by atoms with Gasteiger partial charge in [-0.05, 0) is 47.5 Å². The van der Waals surface area contributed by atoms with Crippen molar-refractivity contribution in [3.05, 3.63) is 33.3 Å². The van der Waals surface area contributed by atoms with Crippen molar-refractivity contribution >= 4 is 33.4 Å². The molecular weight excluding hydrogens is 305 g/mol. The smallest absolute Gasteiger partial charge is 0.253 e. The molecule has 94 valence electrons. The van der Waals surface area contributed by atoms with Crippen molar-refractivity contribution in [3.63, 3.8) is 0 Å². The van der Waals surface area contributed by atoms with Gasteiger partial charge in [0.1, 0.15) is 0 Å². The van der Waals surface area contributed by atoms with Crippen LogP contribution in [0.5, 0.6) is 0 Å². The molecule has 5 heteroatoms. The maximum atomic E-state index is 12.0. The molecule has 1 N–H and O–H groups in total. The topological polar surface area (TPSA) is 40.5 Å². The second-order valence-corrected chi connectivity index (χ2v) is 5.25. The van der Waals surface area contributed by atoms with Gasteiger partial charge in [-0.1, -0.05) is 11.6 Å². The second-order valence-electron chi connectivity index (χ2n) is 3.99. The Morgan fingerprint density at radius 1 is 1.59 bits per heavy atom. The third-order valence-electron chi connectivity index (χ3n) is 2.40. The predicted molar refractivity (Wildman–Crippen MR) is 72.4 cm³/mol. The number of hydrogen-bond acceptors (Lipinski definition) is 2. The number of amides is 1. The van der Waals surface area contributed by atoms with Gasteiger partial charge < -0.3 is 10.0 Å². The monoisotopic (exact) mass is 319 g/mol. The van der Waals surface area contributed by atoms with Gasteiger partial charge in [0, 0.05) is 23.6 Å². The maximum absolute atomic E-state index is 12.0. The minimum atomic E-state index is -0.401. The fourth-order valence-electron chi connectivity index (χ4n) is 1.33. The van der Waals surface area contributed by atoms with Crippen molar-refractivity contribution in [2.24, 2.45) is 0 Å². The third-order valence-corrected chi connectivity index (χ3v) is 3.61. The molecule has 1 atom stereocenters. The van der Waals surface area contributed by atoms with Gasteiger partial charge in [0.25, 0.3) is 5.91 Å². The standard InChI is InChI=1S/C12H15BrClNO2/c1-8(16)5-6-15(2)12(17)9-3-4-11(14)10(13)7-9/h3-4,7-8,16H,5-6H2,1-2H3. The third kappa shape index (κ3) is 4.30. The molecule has 3 nitrogen and oxygen atoms in total. The van der Waals surface area contributed by atoms with E-state index in [1.165, 1.54) is 0 Å². The first-order valence-corrected chi connectivity index (χ1v) is 6.47. The van der Waals surface area contributed by atoms with Crippen molar-refractivity contribution < 1.29 is 9.90 Å². The number of aliphatic hydroxyl groups excluding tert-OH is 1. The molecule has 0 radical (unpaired) electrons. The lowest BCUT2D eigenvalue weighted by molar-refractivity contribution is 0.0769. The van der Waals surface area contributed by atoms with Crippen molar-refractivity contribution in [1.29, 1.82) is 0 Å². The van der Waals surface area contributed by atoms with Crippen molar-refractivity contribution in [3.8, 4) is 0 Å². The molecule has 1 rings (SSSR count). The zero-order chi connectivity index (χ0) is 13.0. The summed E-state index contributed by atoms with van der Waals surface area (Å²) in [4.78, 5) is 13.6. The molecule has 0 heterocycles. The number of hydrogen-bond donors (Lipinski definition) is 1. The first-order chi connectivity index (χ1) is 7.91. The largest absolute Gasteiger partial charge is 0.393 e. The molecule has 0 aromatic heterocycles. The average Bonchev–Trinajstić information content (AvgIpc) is 2.28. The number of aliphatic hydroxyl groups is 1. The van der Waals surface area contributed by atoms with Crippen LogP contribution < -0.4 is 0 Å². The SMILES string of the molecule is CC(O)CCN(C)C(=O)c1ccc(Cl)c(Br)c1. The van der Waals surface area contributed by atoms with E-state index >= 15 is 0 Å². The Labute approximate surface area is 115 Å². The molecule has 0 spiro atoms. The van der Waals surface area contributed by atoms with Crippen LogP contribution in [0.2, 0.25) is 5.02 Å². The van der Waals surface area contributed by atoms with Crippen molar-refractivity contribution in [2.45, 2.75) is 19.4 Å². The van der Waals surface area contributed by atoms with Gasteiger partial charge >= 0.3 is 0 Å². The lowest BCUT2D eigenvalue weighted by Gasteiger charge is -2.18. The Bertz CT molecular complexity index is 409. The lowest BCUT2D eigenvalue weighted by atomic mass is 10.2. The molecule has 1 aromatic carbocycles. The molecule has 1 aromatic rings. The van der Waals surface area contributed by atoms with Crippen LogP contribution in [0.1, 0.15) is 23.7 Å². The van der Waals surface area contributed by atoms with Gasteiger partial charge in [-0.25, -0.2) is 0 Å². The molecule has 0 saturated heterocycles. The number of halogens is 2. The summed E-state index contributed by atoms with van der Waals surface area (Å²) in [6.07, 6.45) is 0.166. The summed E-state index contributed by atoms with van der Waals surface area (Å²) < 4.78 is 0.703. The molecule has 0 aliphatic rings. The fraction of sp³-hybridized carbons (Fsp3) is 0.417. The minimum Gasteiger partial charge on any atom is -0.393 e. The summed E-state index contributed by atoms with van der Waals surface area (Å²) in [7, 11) is 1.72. The Balaban J connectivity index is 2.71. The number of carbonyl (C=O) groups excluding carboxylic acids is 1. The van der Waals surface area contributed by atoms with E-state index in [2.05, 4.69) is 15.9 Å². The van der Waals surface area contributed by atoms with Gasteiger partial charge in [-0.2, -0.15) is 0 Å². The number of nitrogens with zero attached hydrogens (tertiary/aromatic N) is 1. The van der Waals surface area contributed by atoms with Crippen LogP contribution in [0, 0.1) is 0 Å². The first kappa shape index (κ1) is 14.5. The summed E-state index contributed by atoms with van der Waals surface area (Å²) in [5.74, 6) is -0.0805. The van der Waals surface area contributed by atoms with Gasteiger partial charge in [-0.15, -0.1) is 0 Å². The number of rotatable bonds is 4. The summed E-state index contributed by atoms with van der Waals surface area (Å²) in [6, 6.07) is 5.07. The van der Waals surface area contributed by atoms with Crippen LogP contribution in [0.3, 0.4) is 0 Å². The minimum absolute atomic E-state index is 0.0805. The van der Waals surface area contributed by atoms with E-state index in [9.17, 15) is 9.90 Å². The van der Waals surface area contributed by atoms with Crippen molar-refractivity contribution in [1.82, 2.24) is 4.90 Å². The number of carbonyl (C=O) groups is 1. The average molecular weight is 321 g/mol. The Kier molecular flexibility index (Phi) is 5.43. The molecular formula is C12H15BrClNO2. The van der Waals surface area contributed by atoms with E-state index in [1.807, 2.05) is 0 Å². The Morgan fingerprint density at radius 3 is 2.76 bits per heavy atom. The van der Waals surface area contributed by atoms with Crippen molar-refractivity contribution in [2.75, 3.05) is 13.6 Å². The zero-order valence-corrected chi connectivity index (χ0v) is 12.1. The summed E-state index contributed by atoms with van der Waals surface area (Å²) >= 11 is 9.15. The summed E-state index contributed by atoms with van der Waals surface area (Å²) in [5, 5.41) is 9.75. The normalized spacial score (nSPS) is 12.3. The summed E-state index contributed by atoms with van der Waals surface area (Å²) in [5.41, 5.74) is 0.578. The van der Waals surface area contributed by atoms with Gasteiger partial charge in [0.05, 0.1) is 11.1 Å². The van der Waals surface area contributed by atoms with E-state index in [0.29, 0.717) is 28.0 Å². The highest BCUT2D eigenvalue weighted by Gasteiger charge is 2.13. The highest BCUT2D eigenvalue weighted by atomic mass is 79.9. The lowest BCUT2D eigenvalue weighted by Crippen LogP contribution is -2.29. The Morgan fingerprint density at radius 2 is 2.24 bits per heavy atom. The molecule has 0 aliphatic carbocycles. The Hall–Kier alpha value is -0.580. The quantitative estimate of drug-likeness (QED) is 0.926.